The minimum Gasteiger partial charge on any atom is -0.343 e. The zero-order valence-corrected chi connectivity index (χ0v) is 12.4. The Morgan fingerprint density at radius 1 is 1.15 bits per heavy atom. The summed E-state index contributed by atoms with van der Waals surface area (Å²) in [5, 5.41) is 0. The molecule has 0 unspecified atom stereocenters. The summed E-state index contributed by atoms with van der Waals surface area (Å²) >= 11 is 0. The number of likely N-dealkylation sites (tertiary alicyclic amines) is 1. The van der Waals surface area contributed by atoms with E-state index < -0.39 is 0 Å². The second-order valence-electron chi connectivity index (χ2n) is 3.15. The average Bonchev–Trinajstić information content (AvgIpc) is 2.30. The number of carbonyl (C=O) groups excluding carboxylic acids is 1. The average molecular weight is 279 g/mol. The Labute approximate surface area is 116 Å². The van der Waals surface area contributed by atoms with Gasteiger partial charge < -0.3 is 4.90 Å². The molecule has 1 aliphatic rings. The van der Waals surface area contributed by atoms with E-state index in [4.69, 9.17) is 0 Å². The summed E-state index contributed by atoms with van der Waals surface area (Å²) in [6, 6.07) is 0. The minimum absolute atomic E-state index is 0. The van der Waals surface area contributed by atoms with E-state index in [1.807, 2.05) is 11.8 Å². The van der Waals surface area contributed by atoms with E-state index in [1.54, 1.807) is 0 Å². The molecule has 1 amide bonds. The van der Waals surface area contributed by atoms with Crippen LogP contribution in [0.15, 0.2) is 0 Å². The first-order chi connectivity index (χ1) is 5.34. The van der Waals surface area contributed by atoms with Crippen LogP contribution in [-0.2, 0) is 24.3 Å². The van der Waals surface area contributed by atoms with Crippen LogP contribution in [0.1, 0.15) is 39.0 Å². The van der Waals surface area contributed by atoms with Crippen LogP contribution < -0.4 is 0 Å². The standard InChI is InChI=1S/C9H17NO.Na.Ru/c1-2-9(11)10-7-5-3-4-6-8-10;;/h2-8H2,1H3;;. The summed E-state index contributed by atoms with van der Waals surface area (Å²) in [5.41, 5.74) is 0. The van der Waals surface area contributed by atoms with Gasteiger partial charge in [-0.2, -0.15) is 0 Å². The van der Waals surface area contributed by atoms with Crippen molar-refractivity contribution in [3.63, 3.8) is 0 Å². The molecule has 0 aromatic carbocycles. The first-order valence-electron chi connectivity index (χ1n) is 4.62. The molecule has 1 saturated heterocycles. The summed E-state index contributed by atoms with van der Waals surface area (Å²) in [4.78, 5) is 13.3. The largest absolute Gasteiger partial charge is 0.343 e. The van der Waals surface area contributed by atoms with Gasteiger partial charge in [-0.3, -0.25) is 4.79 Å². The van der Waals surface area contributed by atoms with Gasteiger partial charge in [0, 0.05) is 68.5 Å². The van der Waals surface area contributed by atoms with Crippen LogP contribution in [0.25, 0.3) is 0 Å². The molecule has 0 aliphatic carbocycles. The summed E-state index contributed by atoms with van der Waals surface area (Å²) in [7, 11) is 0. The molecule has 1 heterocycles. The number of amides is 1. The maximum Gasteiger partial charge on any atom is 0.222 e. The zero-order valence-electron chi connectivity index (χ0n) is 8.66. The Kier molecular flexibility index (Phi) is 12.3. The number of nitrogens with zero attached hydrogens (tertiary/aromatic N) is 1. The molecule has 0 N–H and O–H groups in total. The van der Waals surface area contributed by atoms with Crippen molar-refractivity contribution in [2.24, 2.45) is 0 Å². The number of hydrogen-bond acceptors (Lipinski definition) is 1. The predicted octanol–water partition coefficient (Wildman–Crippen LogP) is 1.42. The third kappa shape index (κ3) is 6.22. The molecule has 0 aromatic heterocycles. The van der Waals surface area contributed by atoms with Crippen molar-refractivity contribution in [3.8, 4) is 0 Å². The second kappa shape index (κ2) is 9.64. The van der Waals surface area contributed by atoms with Gasteiger partial charge in [0.1, 0.15) is 0 Å². The molecule has 2 nitrogen and oxygen atoms in total. The second-order valence-corrected chi connectivity index (χ2v) is 3.15. The van der Waals surface area contributed by atoms with E-state index >= 15 is 0 Å². The summed E-state index contributed by atoms with van der Waals surface area (Å²) in [6.45, 7) is 3.92. The molecule has 73 valence electrons. The van der Waals surface area contributed by atoms with E-state index in [1.165, 1.54) is 25.7 Å². The van der Waals surface area contributed by atoms with Gasteiger partial charge in [-0.15, -0.1) is 0 Å². The third-order valence-corrected chi connectivity index (χ3v) is 2.26. The molecular weight excluding hydrogens is 262 g/mol. The van der Waals surface area contributed by atoms with Gasteiger partial charge in [0.25, 0.3) is 0 Å². The molecule has 0 aromatic rings. The molecule has 0 atom stereocenters. The number of carbonyl (C=O) groups is 1. The normalized spacial score (nSPS) is 16.5. The molecule has 1 fully saturated rings. The zero-order chi connectivity index (χ0) is 8.10. The molecule has 0 bridgehead atoms. The predicted molar refractivity (Wildman–Crippen MR) is 51.1 cm³/mol. The summed E-state index contributed by atoms with van der Waals surface area (Å²) < 4.78 is 0. The molecule has 1 aliphatic heterocycles. The monoisotopic (exact) mass is 280 g/mol. The van der Waals surface area contributed by atoms with E-state index in [2.05, 4.69) is 0 Å². The van der Waals surface area contributed by atoms with Gasteiger partial charge >= 0.3 is 0 Å². The fraction of sp³-hybridized carbons (Fsp3) is 0.889. The molecular formula is C9H17NNaORu. The molecule has 0 saturated carbocycles. The molecule has 1 rings (SSSR count). The van der Waals surface area contributed by atoms with Crippen LogP contribution in [0.2, 0.25) is 0 Å². The Bertz CT molecular complexity index is 136. The van der Waals surface area contributed by atoms with Crippen LogP contribution in [0.3, 0.4) is 0 Å². The molecule has 13 heavy (non-hydrogen) atoms. The Balaban J connectivity index is 0. The van der Waals surface area contributed by atoms with Gasteiger partial charge in [0.2, 0.25) is 5.91 Å². The maximum absolute atomic E-state index is 11.2. The Morgan fingerprint density at radius 2 is 1.62 bits per heavy atom. The smallest absolute Gasteiger partial charge is 0.222 e. The fourth-order valence-corrected chi connectivity index (χ4v) is 1.54. The van der Waals surface area contributed by atoms with Crippen molar-refractivity contribution in [1.29, 1.82) is 0 Å². The molecule has 0 spiro atoms. The van der Waals surface area contributed by atoms with Gasteiger partial charge in [-0.1, -0.05) is 19.8 Å². The summed E-state index contributed by atoms with van der Waals surface area (Å²) in [5.74, 6) is 0.326. The minimum atomic E-state index is 0. The van der Waals surface area contributed by atoms with Crippen molar-refractivity contribution in [2.75, 3.05) is 13.1 Å². The SMILES string of the molecule is CCC(=O)N1CCCCCC1.[Na].[Ru]. The van der Waals surface area contributed by atoms with E-state index in [0.717, 1.165) is 13.1 Å². The fourth-order valence-electron chi connectivity index (χ4n) is 1.54. The van der Waals surface area contributed by atoms with Crippen molar-refractivity contribution in [2.45, 2.75) is 39.0 Å². The Morgan fingerprint density at radius 3 is 2.00 bits per heavy atom. The number of rotatable bonds is 1. The van der Waals surface area contributed by atoms with E-state index in [9.17, 15) is 4.79 Å². The van der Waals surface area contributed by atoms with Gasteiger partial charge in [0.05, 0.1) is 0 Å². The van der Waals surface area contributed by atoms with Crippen LogP contribution in [0, 0.1) is 0 Å². The van der Waals surface area contributed by atoms with E-state index in [0.29, 0.717) is 12.3 Å². The van der Waals surface area contributed by atoms with Crippen molar-refractivity contribution >= 4 is 35.5 Å². The topological polar surface area (TPSA) is 20.3 Å². The third-order valence-electron chi connectivity index (χ3n) is 2.26. The summed E-state index contributed by atoms with van der Waals surface area (Å²) in [6.07, 6.45) is 5.67. The molecule has 4 heteroatoms. The Hall–Kier alpha value is 1.09. The first-order valence-corrected chi connectivity index (χ1v) is 4.62. The van der Waals surface area contributed by atoms with Crippen molar-refractivity contribution < 1.29 is 24.3 Å². The van der Waals surface area contributed by atoms with Crippen LogP contribution >= 0.6 is 0 Å². The van der Waals surface area contributed by atoms with Crippen LogP contribution in [0.5, 0.6) is 0 Å². The van der Waals surface area contributed by atoms with Crippen molar-refractivity contribution in [3.05, 3.63) is 0 Å². The number of hydrogen-bond donors (Lipinski definition) is 0. The quantitative estimate of drug-likeness (QED) is 0.665. The van der Waals surface area contributed by atoms with Crippen molar-refractivity contribution in [1.82, 2.24) is 4.90 Å². The molecule has 1 radical (unpaired) electrons. The van der Waals surface area contributed by atoms with Gasteiger partial charge in [-0.05, 0) is 12.8 Å². The van der Waals surface area contributed by atoms with Gasteiger partial charge in [-0.25, -0.2) is 0 Å². The van der Waals surface area contributed by atoms with Crippen LogP contribution in [0.4, 0.5) is 0 Å². The first kappa shape index (κ1) is 16.5. The van der Waals surface area contributed by atoms with Crippen LogP contribution in [-0.4, -0.2) is 53.5 Å². The van der Waals surface area contributed by atoms with E-state index in [-0.39, 0.29) is 49.0 Å². The van der Waals surface area contributed by atoms with Gasteiger partial charge in [0.15, 0.2) is 0 Å². The maximum atomic E-state index is 11.2.